The Morgan fingerprint density at radius 2 is 2.35 bits per heavy atom. The molecule has 1 saturated carbocycles. The van der Waals surface area contributed by atoms with Gasteiger partial charge < -0.3 is 4.74 Å². The molecule has 0 N–H and O–H groups in total. The summed E-state index contributed by atoms with van der Waals surface area (Å²) in [5.41, 5.74) is -0.405. The highest BCUT2D eigenvalue weighted by molar-refractivity contribution is 5.90. The molecule has 0 spiro atoms. The van der Waals surface area contributed by atoms with Crippen LogP contribution < -0.4 is 4.90 Å². The Bertz CT molecular complexity index is 478. The molecule has 17 heavy (non-hydrogen) atoms. The zero-order chi connectivity index (χ0) is 12.0. The molecule has 0 radical (unpaired) electrons. The van der Waals surface area contributed by atoms with Gasteiger partial charge in [-0.3, -0.25) is 4.90 Å². The van der Waals surface area contributed by atoms with Crippen LogP contribution in [-0.2, 0) is 4.74 Å². The van der Waals surface area contributed by atoms with E-state index in [9.17, 15) is 9.18 Å². The number of ether oxygens (including phenoxy) is 1. The van der Waals surface area contributed by atoms with Gasteiger partial charge in [0.25, 0.3) is 0 Å². The van der Waals surface area contributed by atoms with Gasteiger partial charge in [-0.25, -0.2) is 9.78 Å². The summed E-state index contributed by atoms with van der Waals surface area (Å²) in [6.45, 7) is 2.29. The van der Waals surface area contributed by atoms with Crippen LogP contribution in [0.15, 0.2) is 12.3 Å². The first kappa shape index (κ1) is 10.4. The molecule has 2 heterocycles. The van der Waals surface area contributed by atoms with Gasteiger partial charge in [-0.2, -0.15) is 9.37 Å². The van der Waals surface area contributed by atoms with E-state index in [1.807, 2.05) is 6.92 Å². The Morgan fingerprint density at radius 3 is 3.00 bits per heavy atom. The van der Waals surface area contributed by atoms with E-state index in [4.69, 9.17) is 4.74 Å². The number of carbonyl (C=O) groups excluding carboxylic acids is 1. The van der Waals surface area contributed by atoms with Crippen LogP contribution in [-0.4, -0.2) is 28.2 Å². The van der Waals surface area contributed by atoms with Crippen LogP contribution in [0, 0.1) is 12.0 Å². The highest BCUT2D eigenvalue weighted by Gasteiger charge is 2.54. The highest BCUT2D eigenvalue weighted by atomic mass is 19.1. The van der Waals surface area contributed by atoms with Gasteiger partial charge >= 0.3 is 12.2 Å². The number of nitrogens with zero attached hydrogens (tertiary/aromatic N) is 3. The summed E-state index contributed by atoms with van der Waals surface area (Å²) >= 11 is 0. The number of aromatic nitrogens is 2. The number of anilines is 1. The standard InChI is InChI=1S/C11H12FN3O2/c1-11(7-2-3-7)6-17-10(16)15(11)8-4-5-13-9(12)14-8/h4-5,7H,2-3,6H2,1H3/t11-/m1/s1. The summed E-state index contributed by atoms with van der Waals surface area (Å²) in [6.07, 6.45) is 2.14. The monoisotopic (exact) mass is 237 g/mol. The lowest BCUT2D eigenvalue weighted by Gasteiger charge is -2.30. The Balaban J connectivity index is 2.01. The van der Waals surface area contributed by atoms with E-state index in [2.05, 4.69) is 9.97 Å². The van der Waals surface area contributed by atoms with Gasteiger partial charge in [0, 0.05) is 6.20 Å². The third-order valence-electron chi connectivity index (χ3n) is 3.48. The SMILES string of the molecule is C[C@]1(C2CC2)COC(=O)N1c1ccnc(F)n1. The molecule has 6 heteroatoms. The summed E-state index contributed by atoms with van der Waals surface area (Å²) in [7, 11) is 0. The largest absolute Gasteiger partial charge is 0.447 e. The Morgan fingerprint density at radius 1 is 1.59 bits per heavy atom. The topological polar surface area (TPSA) is 55.3 Å². The third kappa shape index (κ3) is 1.55. The number of carbonyl (C=O) groups is 1. The van der Waals surface area contributed by atoms with Gasteiger partial charge in [-0.15, -0.1) is 0 Å². The molecule has 3 rings (SSSR count). The lowest BCUT2D eigenvalue weighted by Crippen LogP contribution is -2.47. The second-order valence-electron chi connectivity index (χ2n) is 4.71. The van der Waals surface area contributed by atoms with Crippen molar-refractivity contribution >= 4 is 11.9 Å². The number of hydrogen-bond donors (Lipinski definition) is 0. The fourth-order valence-corrected chi connectivity index (χ4v) is 2.36. The summed E-state index contributed by atoms with van der Waals surface area (Å²) < 4.78 is 18.1. The van der Waals surface area contributed by atoms with E-state index in [0.29, 0.717) is 12.5 Å². The molecule has 1 aliphatic heterocycles. The van der Waals surface area contributed by atoms with Crippen molar-refractivity contribution in [1.29, 1.82) is 0 Å². The summed E-state index contributed by atoms with van der Waals surface area (Å²) in [4.78, 5) is 20.3. The first-order valence-corrected chi connectivity index (χ1v) is 5.57. The fourth-order valence-electron chi connectivity index (χ4n) is 2.36. The smallest absolute Gasteiger partial charge is 0.416 e. The molecule has 1 saturated heterocycles. The predicted octanol–water partition coefficient (Wildman–Crippen LogP) is 1.74. The van der Waals surface area contributed by atoms with Crippen molar-refractivity contribution in [3.05, 3.63) is 18.3 Å². The molecule has 1 aliphatic carbocycles. The number of rotatable bonds is 2. The zero-order valence-corrected chi connectivity index (χ0v) is 9.39. The maximum atomic E-state index is 13.0. The minimum atomic E-state index is -0.833. The van der Waals surface area contributed by atoms with Gasteiger partial charge in [0.15, 0.2) is 0 Å². The molecule has 5 nitrogen and oxygen atoms in total. The molecule has 1 aromatic rings. The second-order valence-corrected chi connectivity index (χ2v) is 4.71. The van der Waals surface area contributed by atoms with Crippen LogP contribution in [0.25, 0.3) is 0 Å². The summed E-state index contributed by atoms with van der Waals surface area (Å²) in [5.74, 6) is 0.682. The minimum Gasteiger partial charge on any atom is -0.447 e. The molecular weight excluding hydrogens is 225 g/mol. The highest BCUT2D eigenvalue weighted by Crippen LogP contribution is 2.47. The molecule has 2 aliphatic rings. The second kappa shape index (κ2) is 3.38. The number of amides is 1. The van der Waals surface area contributed by atoms with Gasteiger partial charge in [-0.05, 0) is 31.7 Å². The molecule has 2 fully saturated rings. The first-order chi connectivity index (χ1) is 8.11. The lowest BCUT2D eigenvalue weighted by atomic mass is 9.96. The van der Waals surface area contributed by atoms with E-state index < -0.39 is 17.7 Å². The van der Waals surface area contributed by atoms with Gasteiger partial charge in [0.2, 0.25) is 0 Å². The predicted molar refractivity (Wildman–Crippen MR) is 56.9 cm³/mol. The van der Waals surface area contributed by atoms with Crippen molar-refractivity contribution < 1.29 is 13.9 Å². The minimum absolute atomic E-state index is 0.273. The van der Waals surface area contributed by atoms with E-state index in [1.54, 1.807) is 0 Å². The number of hydrogen-bond acceptors (Lipinski definition) is 4. The average Bonchev–Trinajstić information content (AvgIpc) is 3.07. The van der Waals surface area contributed by atoms with Gasteiger partial charge in [0.1, 0.15) is 12.4 Å². The normalized spacial score (nSPS) is 28.4. The Hall–Kier alpha value is -1.72. The molecule has 0 aromatic carbocycles. The average molecular weight is 237 g/mol. The van der Waals surface area contributed by atoms with Crippen molar-refractivity contribution in [2.45, 2.75) is 25.3 Å². The lowest BCUT2D eigenvalue weighted by molar-refractivity contribution is 0.172. The van der Waals surface area contributed by atoms with Crippen molar-refractivity contribution in [3.8, 4) is 0 Å². The molecule has 1 amide bonds. The molecule has 1 aromatic heterocycles. The van der Waals surface area contributed by atoms with Gasteiger partial charge in [0.05, 0.1) is 5.54 Å². The van der Waals surface area contributed by atoms with Crippen LogP contribution in [0.1, 0.15) is 19.8 Å². The number of cyclic esters (lactones) is 1. The van der Waals surface area contributed by atoms with Crippen LogP contribution in [0.5, 0.6) is 0 Å². The molecule has 0 unspecified atom stereocenters. The van der Waals surface area contributed by atoms with Crippen molar-refractivity contribution in [3.63, 3.8) is 0 Å². The molecule has 1 atom stereocenters. The molecule has 90 valence electrons. The summed E-state index contributed by atoms with van der Waals surface area (Å²) in [5, 5.41) is 0. The quantitative estimate of drug-likeness (QED) is 0.735. The van der Waals surface area contributed by atoms with E-state index in [1.165, 1.54) is 17.2 Å². The first-order valence-electron chi connectivity index (χ1n) is 5.57. The maximum Gasteiger partial charge on any atom is 0.416 e. The Kier molecular flexibility index (Phi) is 2.08. The third-order valence-corrected chi connectivity index (χ3v) is 3.48. The van der Waals surface area contributed by atoms with Crippen molar-refractivity contribution in [2.75, 3.05) is 11.5 Å². The molecule has 0 bridgehead atoms. The number of halogens is 1. The van der Waals surface area contributed by atoms with Crippen molar-refractivity contribution in [2.24, 2.45) is 5.92 Å². The maximum absolute atomic E-state index is 13.0. The van der Waals surface area contributed by atoms with E-state index in [-0.39, 0.29) is 5.82 Å². The van der Waals surface area contributed by atoms with Crippen LogP contribution >= 0.6 is 0 Å². The van der Waals surface area contributed by atoms with Crippen LogP contribution in [0.2, 0.25) is 0 Å². The van der Waals surface area contributed by atoms with E-state index >= 15 is 0 Å². The fraction of sp³-hybridized carbons (Fsp3) is 0.545. The van der Waals surface area contributed by atoms with Gasteiger partial charge in [-0.1, -0.05) is 0 Å². The van der Waals surface area contributed by atoms with Crippen LogP contribution in [0.4, 0.5) is 15.0 Å². The Labute approximate surface area is 97.6 Å². The zero-order valence-electron chi connectivity index (χ0n) is 9.39. The van der Waals surface area contributed by atoms with Crippen molar-refractivity contribution in [1.82, 2.24) is 9.97 Å². The van der Waals surface area contributed by atoms with E-state index in [0.717, 1.165) is 12.8 Å². The molecular formula is C11H12FN3O2. The van der Waals surface area contributed by atoms with Crippen LogP contribution in [0.3, 0.4) is 0 Å². The summed E-state index contributed by atoms with van der Waals surface area (Å²) in [6, 6.07) is 1.52.